The van der Waals surface area contributed by atoms with Crippen LogP contribution in [0.5, 0.6) is 5.75 Å². The minimum Gasteiger partial charge on any atom is -0.490 e. The highest BCUT2D eigenvalue weighted by Crippen LogP contribution is 2.36. The first-order valence-corrected chi connectivity index (χ1v) is 7.56. The number of anilines is 1. The first kappa shape index (κ1) is 12.8. The number of piperidine rings is 1. The summed E-state index contributed by atoms with van der Waals surface area (Å²) in [6.07, 6.45) is 7.03. The highest BCUT2D eigenvalue weighted by Gasteiger charge is 2.34. The van der Waals surface area contributed by atoms with Crippen LogP contribution in [0.2, 0.25) is 0 Å². The number of rotatable bonds is 4. The van der Waals surface area contributed by atoms with Gasteiger partial charge in [-0.05, 0) is 50.3 Å². The number of hydrogen-bond acceptors (Lipinski definition) is 3. The summed E-state index contributed by atoms with van der Waals surface area (Å²) in [6.45, 7) is 3.03. The van der Waals surface area contributed by atoms with Crippen molar-refractivity contribution in [2.75, 3.05) is 25.4 Å². The summed E-state index contributed by atoms with van der Waals surface area (Å²) in [5.41, 5.74) is 6.62. The van der Waals surface area contributed by atoms with Gasteiger partial charge in [0.25, 0.3) is 0 Å². The Morgan fingerprint density at radius 3 is 2.89 bits per heavy atom. The molecule has 2 N–H and O–H groups in total. The highest BCUT2D eigenvalue weighted by molar-refractivity contribution is 5.51. The van der Waals surface area contributed by atoms with Crippen LogP contribution in [0.25, 0.3) is 0 Å². The summed E-state index contributed by atoms with van der Waals surface area (Å²) in [7, 11) is 0. The molecule has 2 fully saturated rings. The van der Waals surface area contributed by atoms with Crippen molar-refractivity contribution >= 4 is 5.69 Å². The molecule has 3 heteroatoms. The lowest BCUT2D eigenvalue weighted by atomic mass is 9.92. The van der Waals surface area contributed by atoms with Crippen molar-refractivity contribution in [1.82, 2.24) is 4.90 Å². The van der Waals surface area contributed by atoms with Gasteiger partial charge in [-0.3, -0.25) is 4.90 Å². The quantitative estimate of drug-likeness (QED) is 0.846. The Kier molecular flexibility index (Phi) is 3.92. The molecule has 1 saturated carbocycles. The minimum atomic E-state index is 0.736. The van der Waals surface area contributed by atoms with Crippen molar-refractivity contribution < 1.29 is 4.74 Å². The highest BCUT2D eigenvalue weighted by atomic mass is 16.5. The predicted octanol–water partition coefficient (Wildman–Crippen LogP) is 2.91. The van der Waals surface area contributed by atoms with Crippen molar-refractivity contribution in [2.24, 2.45) is 5.92 Å². The molecule has 3 rings (SSSR count). The van der Waals surface area contributed by atoms with E-state index in [9.17, 15) is 0 Å². The van der Waals surface area contributed by atoms with Gasteiger partial charge in [0.2, 0.25) is 0 Å². The van der Waals surface area contributed by atoms with Crippen LogP contribution in [0, 0.1) is 5.92 Å². The van der Waals surface area contributed by atoms with Crippen molar-refractivity contribution in [2.45, 2.75) is 38.1 Å². The van der Waals surface area contributed by atoms with Crippen LogP contribution in [0.15, 0.2) is 24.3 Å². The molecule has 1 aliphatic heterocycles. The molecule has 1 aliphatic carbocycles. The summed E-state index contributed by atoms with van der Waals surface area (Å²) >= 11 is 0. The fraction of sp³-hybridized carbons (Fsp3) is 0.625. The largest absolute Gasteiger partial charge is 0.490 e. The summed E-state index contributed by atoms with van der Waals surface area (Å²) in [5.74, 6) is 1.78. The minimum absolute atomic E-state index is 0.736. The number of fused-ring (bicyclic) bond motifs is 1. The monoisotopic (exact) mass is 260 g/mol. The number of para-hydroxylation sites is 2. The SMILES string of the molecule is Nc1ccccc1OCCN1CCCC2CCCC21. The van der Waals surface area contributed by atoms with E-state index < -0.39 is 0 Å². The lowest BCUT2D eigenvalue weighted by molar-refractivity contribution is 0.0952. The van der Waals surface area contributed by atoms with Gasteiger partial charge < -0.3 is 10.5 Å². The summed E-state index contributed by atoms with van der Waals surface area (Å²) in [4.78, 5) is 2.64. The van der Waals surface area contributed by atoms with Crippen LogP contribution in [0.3, 0.4) is 0 Å². The van der Waals surface area contributed by atoms with Gasteiger partial charge in [-0.2, -0.15) is 0 Å². The van der Waals surface area contributed by atoms with E-state index in [1.54, 1.807) is 0 Å². The Bertz CT molecular complexity index is 421. The van der Waals surface area contributed by atoms with Gasteiger partial charge in [0, 0.05) is 12.6 Å². The van der Waals surface area contributed by atoms with Gasteiger partial charge in [-0.15, -0.1) is 0 Å². The molecule has 104 valence electrons. The molecule has 2 atom stereocenters. The van der Waals surface area contributed by atoms with E-state index in [4.69, 9.17) is 10.5 Å². The Labute approximate surface area is 115 Å². The maximum Gasteiger partial charge on any atom is 0.142 e. The molecule has 19 heavy (non-hydrogen) atoms. The van der Waals surface area contributed by atoms with Crippen LogP contribution in [0.4, 0.5) is 5.69 Å². The Morgan fingerprint density at radius 1 is 1.16 bits per heavy atom. The van der Waals surface area contributed by atoms with Gasteiger partial charge in [-0.1, -0.05) is 18.6 Å². The molecule has 3 nitrogen and oxygen atoms in total. The molecule has 1 aromatic rings. The van der Waals surface area contributed by atoms with Crippen molar-refractivity contribution in [3.8, 4) is 5.75 Å². The predicted molar refractivity (Wildman–Crippen MR) is 78.3 cm³/mol. The second-order valence-corrected chi connectivity index (χ2v) is 5.82. The van der Waals surface area contributed by atoms with E-state index >= 15 is 0 Å². The number of nitrogen functional groups attached to an aromatic ring is 1. The maximum absolute atomic E-state index is 5.89. The molecule has 0 spiro atoms. The van der Waals surface area contributed by atoms with Crippen molar-refractivity contribution in [3.63, 3.8) is 0 Å². The number of nitrogens with two attached hydrogens (primary N) is 1. The smallest absolute Gasteiger partial charge is 0.142 e. The van der Waals surface area contributed by atoms with Crippen molar-refractivity contribution in [3.05, 3.63) is 24.3 Å². The normalized spacial score (nSPS) is 27.2. The zero-order valence-corrected chi connectivity index (χ0v) is 11.6. The molecule has 1 heterocycles. The molecule has 0 radical (unpaired) electrons. The van der Waals surface area contributed by atoms with E-state index in [0.717, 1.165) is 36.5 Å². The molecule has 0 amide bonds. The topological polar surface area (TPSA) is 38.5 Å². The van der Waals surface area contributed by atoms with Crippen LogP contribution in [-0.4, -0.2) is 30.6 Å². The average molecular weight is 260 g/mol. The Hall–Kier alpha value is -1.22. The number of benzene rings is 1. The molecule has 1 saturated heterocycles. The van der Waals surface area contributed by atoms with Gasteiger partial charge in [0.05, 0.1) is 5.69 Å². The van der Waals surface area contributed by atoms with Gasteiger partial charge in [-0.25, -0.2) is 0 Å². The van der Waals surface area contributed by atoms with Crippen LogP contribution >= 0.6 is 0 Å². The maximum atomic E-state index is 5.89. The van der Waals surface area contributed by atoms with Crippen LogP contribution in [0.1, 0.15) is 32.1 Å². The van der Waals surface area contributed by atoms with E-state index in [1.807, 2.05) is 24.3 Å². The lowest BCUT2D eigenvalue weighted by Crippen LogP contribution is -2.44. The van der Waals surface area contributed by atoms with E-state index in [1.165, 1.54) is 38.6 Å². The summed E-state index contributed by atoms with van der Waals surface area (Å²) in [5, 5.41) is 0. The number of nitrogens with zero attached hydrogens (tertiary/aromatic N) is 1. The molecular weight excluding hydrogens is 236 g/mol. The van der Waals surface area contributed by atoms with E-state index in [2.05, 4.69) is 4.90 Å². The fourth-order valence-corrected chi connectivity index (χ4v) is 3.72. The van der Waals surface area contributed by atoms with Gasteiger partial charge >= 0.3 is 0 Å². The van der Waals surface area contributed by atoms with Crippen molar-refractivity contribution in [1.29, 1.82) is 0 Å². The third-order valence-corrected chi connectivity index (χ3v) is 4.66. The molecule has 2 unspecified atom stereocenters. The fourth-order valence-electron chi connectivity index (χ4n) is 3.72. The molecule has 2 aliphatic rings. The second kappa shape index (κ2) is 5.83. The molecular formula is C16H24N2O. The third-order valence-electron chi connectivity index (χ3n) is 4.66. The summed E-state index contributed by atoms with van der Waals surface area (Å²) < 4.78 is 5.82. The molecule has 0 bridgehead atoms. The average Bonchev–Trinajstić information content (AvgIpc) is 2.90. The first-order chi connectivity index (χ1) is 9.34. The standard InChI is InChI=1S/C16H24N2O/c17-14-7-1-2-9-16(14)19-12-11-18-10-4-6-13-5-3-8-15(13)18/h1-2,7,9,13,15H,3-6,8,10-12,17H2. The number of hydrogen-bond donors (Lipinski definition) is 1. The van der Waals surface area contributed by atoms with Crippen LogP contribution in [-0.2, 0) is 0 Å². The third kappa shape index (κ3) is 2.86. The Morgan fingerprint density at radius 2 is 2.00 bits per heavy atom. The van der Waals surface area contributed by atoms with E-state index in [-0.39, 0.29) is 0 Å². The lowest BCUT2D eigenvalue weighted by Gasteiger charge is -2.37. The second-order valence-electron chi connectivity index (χ2n) is 5.82. The van der Waals surface area contributed by atoms with E-state index in [0.29, 0.717) is 0 Å². The Balaban J connectivity index is 1.51. The van der Waals surface area contributed by atoms with Crippen LogP contribution < -0.4 is 10.5 Å². The first-order valence-electron chi connectivity index (χ1n) is 7.56. The molecule has 1 aromatic carbocycles. The zero-order valence-electron chi connectivity index (χ0n) is 11.6. The summed E-state index contributed by atoms with van der Waals surface area (Å²) in [6, 6.07) is 8.58. The van der Waals surface area contributed by atoms with Gasteiger partial charge in [0.1, 0.15) is 12.4 Å². The van der Waals surface area contributed by atoms with Gasteiger partial charge in [0.15, 0.2) is 0 Å². The number of ether oxygens (including phenoxy) is 1. The number of likely N-dealkylation sites (tertiary alicyclic amines) is 1. The zero-order chi connectivity index (χ0) is 13.1. The molecule has 0 aromatic heterocycles.